The number of hydrogen-bond donors (Lipinski definition) is 1. The fourth-order valence-corrected chi connectivity index (χ4v) is 2.95. The Kier molecular flexibility index (Phi) is 3.81. The Hall–Kier alpha value is -0.980. The normalized spacial score (nSPS) is 20.4. The van der Waals surface area contributed by atoms with E-state index in [0.717, 1.165) is 29.3 Å². The molecule has 1 fully saturated rings. The highest BCUT2D eigenvalue weighted by Crippen LogP contribution is 2.14. The predicted octanol–water partition coefficient (Wildman–Crippen LogP) is 1.53. The molecule has 2 aromatic rings. The van der Waals surface area contributed by atoms with Gasteiger partial charge in [0.2, 0.25) is 0 Å². The Balaban J connectivity index is 1.61. The first-order valence-electron chi connectivity index (χ1n) is 6.59. The van der Waals surface area contributed by atoms with Crippen LogP contribution in [0.2, 0.25) is 0 Å². The topological polar surface area (TPSA) is 45.5 Å². The summed E-state index contributed by atoms with van der Waals surface area (Å²) in [6.07, 6.45) is 6.95. The minimum absolute atomic E-state index is 0.776. The Morgan fingerprint density at radius 1 is 1.42 bits per heavy atom. The van der Waals surface area contributed by atoms with Gasteiger partial charge in [0.15, 0.2) is 5.65 Å². The van der Waals surface area contributed by atoms with E-state index in [2.05, 4.69) is 47.6 Å². The molecule has 19 heavy (non-hydrogen) atoms. The average Bonchev–Trinajstić information content (AvgIpc) is 2.97. The second-order valence-electron chi connectivity index (χ2n) is 5.24. The van der Waals surface area contributed by atoms with E-state index in [9.17, 15) is 0 Å². The summed E-state index contributed by atoms with van der Waals surface area (Å²) in [6, 6.07) is 0. The van der Waals surface area contributed by atoms with Crippen molar-refractivity contribution in [3.05, 3.63) is 28.9 Å². The first kappa shape index (κ1) is 13.0. The molecule has 3 heterocycles. The van der Waals surface area contributed by atoms with Gasteiger partial charge in [-0.05, 0) is 48.4 Å². The number of nitrogens with zero attached hydrogens (tertiary/aromatic N) is 4. The van der Waals surface area contributed by atoms with Gasteiger partial charge in [-0.25, -0.2) is 9.97 Å². The van der Waals surface area contributed by atoms with Crippen LogP contribution >= 0.6 is 15.9 Å². The van der Waals surface area contributed by atoms with E-state index in [1.807, 2.05) is 12.4 Å². The fraction of sp³-hybridized carbons (Fsp3) is 0.538. The van der Waals surface area contributed by atoms with E-state index in [4.69, 9.17) is 0 Å². The van der Waals surface area contributed by atoms with Crippen molar-refractivity contribution in [1.29, 1.82) is 0 Å². The molecule has 1 saturated heterocycles. The van der Waals surface area contributed by atoms with Crippen molar-refractivity contribution >= 4 is 21.6 Å². The van der Waals surface area contributed by atoms with Crippen molar-refractivity contribution < 1.29 is 0 Å². The van der Waals surface area contributed by atoms with Crippen molar-refractivity contribution in [2.24, 2.45) is 5.92 Å². The SMILES string of the molecule is CN1CCC(CNCc2cnc3cnc(Br)cn23)C1. The number of likely N-dealkylation sites (tertiary alicyclic amines) is 1. The molecule has 102 valence electrons. The van der Waals surface area contributed by atoms with E-state index in [0.29, 0.717) is 0 Å². The van der Waals surface area contributed by atoms with Crippen LogP contribution in [0.1, 0.15) is 12.1 Å². The first-order valence-corrected chi connectivity index (χ1v) is 7.38. The molecule has 1 aliphatic rings. The number of halogens is 1. The monoisotopic (exact) mass is 323 g/mol. The number of nitrogens with one attached hydrogen (secondary N) is 1. The van der Waals surface area contributed by atoms with Gasteiger partial charge in [0.1, 0.15) is 4.60 Å². The lowest BCUT2D eigenvalue weighted by atomic mass is 10.1. The number of aromatic nitrogens is 3. The van der Waals surface area contributed by atoms with Gasteiger partial charge in [0.25, 0.3) is 0 Å². The summed E-state index contributed by atoms with van der Waals surface area (Å²) in [5.74, 6) is 0.776. The van der Waals surface area contributed by atoms with Crippen LogP contribution in [0, 0.1) is 5.92 Å². The molecule has 0 saturated carbocycles. The Labute approximate surface area is 121 Å². The zero-order valence-corrected chi connectivity index (χ0v) is 12.6. The van der Waals surface area contributed by atoms with Crippen LogP contribution in [-0.4, -0.2) is 46.0 Å². The zero-order valence-electron chi connectivity index (χ0n) is 11.0. The quantitative estimate of drug-likeness (QED) is 0.927. The summed E-state index contributed by atoms with van der Waals surface area (Å²) in [6.45, 7) is 4.35. The molecule has 0 bridgehead atoms. The number of fused-ring (bicyclic) bond motifs is 1. The van der Waals surface area contributed by atoms with Gasteiger partial charge >= 0.3 is 0 Å². The van der Waals surface area contributed by atoms with E-state index < -0.39 is 0 Å². The average molecular weight is 324 g/mol. The van der Waals surface area contributed by atoms with Crippen molar-refractivity contribution in [1.82, 2.24) is 24.6 Å². The Morgan fingerprint density at radius 2 is 2.32 bits per heavy atom. The van der Waals surface area contributed by atoms with E-state index >= 15 is 0 Å². The number of imidazole rings is 1. The van der Waals surface area contributed by atoms with E-state index in [1.54, 1.807) is 6.20 Å². The molecule has 2 aromatic heterocycles. The molecule has 1 N–H and O–H groups in total. The number of rotatable bonds is 4. The van der Waals surface area contributed by atoms with Crippen molar-refractivity contribution in [2.75, 3.05) is 26.7 Å². The van der Waals surface area contributed by atoms with Crippen LogP contribution in [0.4, 0.5) is 0 Å². The summed E-state index contributed by atoms with van der Waals surface area (Å²) in [7, 11) is 2.19. The largest absolute Gasteiger partial charge is 0.311 e. The Morgan fingerprint density at radius 3 is 3.11 bits per heavy atom. The smallest absolute Gasteiger partial charge is 0.155 e. The van der Waals surface area contributed by atoms with Gasteiger partial charge in [-0.1, -0.05) is 0 Å². The molecule has 0 radical (unpaired) electrons. The molecule has 0 amide bonds. The standard InChI is InChI=1S/C13H18BrN5/c1-18-3-2-10(8-18)4-15-5-11-6-17-13-7-16-12(14)9-19(11)13/h6-7,9-10,15H,2-5,8H2,1H3. The molecule has 3 rings (SSSR count). The highest BCUT2D eigenvalue weighted by Gasteiger charge is 2.18. The molecule has 1 unspecified atom stereocenters. The van der Waals surface area contributed by atoms with Crippen LogP contribution in [0.5, 0.6) is 0 Å². The van der Waals surface area contributed by atoms with Crippen molar-refractivity contribution in [3.63, 3.8) is 0 Å². The summed E-state index contributed by atoms with van der Waals surface area (Å²) in [5.41, 5.74) is 2.06. The predicted molar refractivity (Wildman–Crippen MR) is 78.0 cm³/mol. The lowest BCUT2D eigenvalue weighted by Crippen LogP contribution is -2.25. The minimum atomic E-state index is 0.776. The highest BCUT2D eigenvalue weighted by atomic mass is 79.9. The fourth-order valence-electron chi connectivity index (χ4n) is 2.64. The lowest BCUT2D eigenvalue weighted by molar-refractivity contribution is 0.388. The van der Waals surface area contributed by atoms with Gasteiger partial charge in [0, 0.05) is 19.3 Å². The number of hydrogen-bond acceptors (Lipinski definition) is 4. The molecule has 0 spiro atoms. The van der Waals surface area contributed by atoms with Crippen LogP contribution < -0.4 is 5.32 Å². The molecule has 1 atom stereocenters. The molecule has 1 aliphatic heterocycles. The summed E-state index contributed by atoms with van der Waals surface area (Å²) in [4.78, 5) is 10.9. The van der Waals surface area contributed by atoms with Gasteiger partial charge in [0.05, 0.1) is 18.1 Å². The highest BCUT2D eigenvalue weighted by molar-refractivity contribution is 9.10. The van der Waals surface area contributed by atoms with Gasteiger partial charge in [-0.2, -0.15) is 0 Å². The lowest BCUT2D eigenvalue weighted by Gasteiger charge is -2.11. The van der Waals surface area contributed by atoms with Crippen molar-refractivity contribution in [3.8, 4) is 0 Å². The third-order valence-electron chi connectivity index (χ3n) is 3.67. The molecular weight excluding hydrogens is 306 g/mol. The third-order valence-corrected chi connectivity index (χ3v) is 4.08. The van der Waals surface area contributed by atoms with Crippen LogP contribution in [-0.2, 0) is 6.54 Å². The maximum Gasteiger partial charge on any atom is 0.155 e. The second kappa shape index (κ2) is 5.56. The summed E-state index contributed by atoms with van der Waals surface area (Å²) < 4.78 is 2.90. The summed E-state index contributed by atoms with van der Waals surface area (Å²) >= 11 is 3.39. The van der Waals surface area contributed by atoms with Crippen molar-refractivity contribution in [2.45, 2.75) is 13.0 Å². The third kappa shape index (κ3) is 2.96. The van der Waals surface area contributed by atoms with Crippen LogP contribution in [0.15, 0.2) is 23.2 Å². The first-order chi connectivity index (χ1) is 9.22. The molecule has 0 aromatic carbocycles. The van der Waals surface area contributed by atoms with Gasteiger partial charge < -0.3 is 10.2 Å². The van der Waals surface area contributed by atoms with Crippen LogP contribution in [0.3, 0.4) is 0 Å². The molecular formula is C13H18BrN5. The van der Waals surface area contributed by atoms with Gasteiger partial charge in [-0.3, -0.25) is 4.40 Å². The maximum absolute atomic E-state index is 4.35. The second-order valence-corrected chi connectivity index (χ2v) is 6.05. The molecule has 6 heteroatoms. The molecule has 5 nitrogen and oxygen atoms in total. The zero-order chi connectivity index (χ0) is 13.2. The van der Waals surface area contributed by atoms with E-state index in [-0.39, 0.29) is 0 Å². The van der Waals surface area contributed by atoms with Crippen LogP contribution in [0.25, 0.3) is 5.65 Å². The minimum Gasteiger partial charge on any atom is -0.311 e. The summed E-state index contributed by atoms with van der Waals surface area (Å²) in [5, 5.41) is 3.54. The Bertz CT molecular complexity index is 567. The maximum atomic E-state index is 4.35. The van der Waals surface area contributed by atoms with Gasteiger partial charge in [-0.15, -0.1) is 0 Å². The van der Waals surface area contributed by atoms with E-state index in [1.165, 1.54) is 25.2 Å². The molecule has 0 aliphatic carbocycles.